The normalized spacial score (nSPS) is 18.2. The first-order chi connectivity index (χ1) is 12.5. The molecule has 1 aromatic heterocycles. The van der Waals surface area contributed by atoms with Gasteiger partial charge in [-0.05, 0) is 40.2 Å². The first-order valence-corrected chi connectivity index (χ1v) is 9.92. The summed E-state index contributed by atoms with van der Waals surface area (Å²) >= 11 is 9.47. The van der Waals surface area contributed by atoms with E-state index in [0.717, 1.165) is 21.1 Å². The molecule has 0 aliphatic carbocycles. The molecule has 0 saturated heterocycles. The summed E-state index contributed by atoms with van der Waals surface area (Å²) in [6.45, 7) is -4.18. The Labute approximate surface area is 175 Å². The fraction of sp³-hybridized carbons (Fsp3) is 0.0625. The average molecular weight is 573 g/mol. The standard InChI is InChI=1S/C16H7BBr3F5N2/c18-10-7-8(16(21,22)23)1-2-9(10)15-11-3-5-13(19)26(11)17(24,25)27-12(15)4-6-14(27)20/h1-7H. The van der Waals surface area contributed by atoms with E-state index in [1.165, 1.54) is 30.4 Å². The van der Waals surface area contributed by atoms with Crippen molar-refractivity contribution >= 4 is 65.0 Å². The SMILES string of the molecule is F[B-]1(F)n2c(Br)ccc2C(c2ccc(C(F)(F)F)cc2Br)=C2C=CC(Br)=[N+]21. The quantitative estimate of drug-likeness (QED) is 0.276. The predicted molar refractivity (Wildman–Crippen MR) is 104 cm³/mol. The molecule has 2 aromatic rings. The molecule has 0 atom stereocenters. The van der Waals surface area contributed by atoms with Gasteiger partial charge in [0, 0.05) is 43.8 Å². The third kappa shape index (κ3) is 2.81. The van der Waals surface area contributed by atoms with E-state index in [2.05, 4.69) is 47.8 Å². The maximum atomic E-state index is 15.1. The Hall–Kier alpha value is -1.20. The molecular formula is C16H7BBr3F5N2. The van der Waals surface area contributed by atoms with Gasteiger partial charge in [0.25, 0.3) is 0 Å². The first kappa shape index (κ1) is 19.1. The maximum Gasteiger partial charge on any atom is 0.738 e. The molecule has 0 unspecified atom stereocenters. The number of rotatable bonds is 1. The average Bonchev–Trinajstić information content (AvgIpc) is 3.13. The van der Waals surface area contributed by atoms with E-state index < -0.39 is 18.7 Å². The maximum absolute atomic E-state index is 15.1. The highest BCUT2D eigenvalue weighted by atomic mass is 79.9. The van der Waals surface area contributed by atoms with Gasteiger partial charge in [-0.15, -0.1) is 0 Å². The van der Waals surface area contributed by atoms with Crippen LogP contribution in [0.3, 0.4) is 0 Å². The molecule has 27 heavy (non-hydrogen) atoms. The summed E-state index contributed by atoms with van der Waals surface area (Å²) in [6.07, 6.45) is -1.49. The molecular weight excluding hydrogens is 566 g/mol. The van der Waals surface area contributed by atoms with Crippen LogP contribution in [0.15, 0.2) is 57.3 Å². The molecule has 0 N–H and O–H groups in total. The molecule has 11 heteroatoms. The summed E-state index contributed by atoms with van der Waals surface area (Å²) in [6, 6.07) is 6.18. The third-order valence-electron chi connectivity index (χ3n) is 4.44. The summed E-state index contributed by atoms with van der Waals surface area (Å²) in [5.41, 5.74) is 0.390. The van der Waals surface area contributed by atoms with Gasteiger partial charge in [-0.2, -0.15) is 13.2 Å². The van der Waals surface area contributed by atoms with Crippen LogP contribution in [0.2, 0.25) is 0 Å². The van der Waals surface area contributed by atoms with Crippen LogP contribution < -0.4 is 0 Å². The van der Waals surface area contributed by atoms with Gasteiger partial charge in [-0.3, -0.25) is 0 Å². The molecule has 1 aromatic carbocycles. The third-order valence-corrected chi connectivity index (χ3v) is 6.39. The summed E-state index contributed by atoms with van der Waals surface area (Å²) in [7, 11) is 0. The first-order valence-electron chi connectivity index (χ1n) is 7.54. The topological polar surface area (TPSA) is 7.94 Å². The minimum absolute atomic E-state index is 0.165. The van der Waals surface area contributed by atoms with Crippen LogP contribution in [0.25, 0.3) is 5.57 Å². The number of hydrogen-bond acceptors (Lipinski definition) is 0. The molecule has 140 valence electrons. The van der Waals surface area contributed by atoms with Crippen LogP contribution in [-0.4, -0.2) is 20.6 Å². The van der Waals surface area contributed by atoms with Crippen LogP contribution in [0.4, 0.5) is 21.8 Å². The second kappa shape index (κ2) is 6.15. The number of alkyl halides is 3. The van der Waals surface area contributed by atoms with Gasteiger partial charge >= 0.3 is 13.1 Å². The zero-order valence-electron chi connectivity index (χ0n) is 13.0. The number of fused-ring (bicyclic) bond motifs is 2. The van der Waals surface area contributed by atoms with E-state index in [1.807, 2.05) is 0 Å². The summed E-state index contributed by atoms with van der Waals surface area (Å²) in [5, 5.41) is 0. The van der Waals surface area contributed by atoms with Crippen molar-refractivity contribution < 1.29 is 26.3 Å². The van der Waals surface area contributed by atoms with Crippen molar-refractivity contribution in [3.63, 3.8) is 0 Å². The molecule has 2 aliphatic rings. The Morgan fingerprint density at radius 2 is 1.67 bits per heavy atom. The van der Waals surface area contributed by atoms with Gasteiger partial charge in [-0.1, -0.05) is 22.0 Å². The zero-order valence-corrected chi connectivity index (χ0v) is 17.8. The van der Waals surface area contributed by atoms with Crippen LogP contribution >= 0.6 is 47.8 Å². The monoisotopic (exact) mass is 570 g/mol. The van der Waals surface area contributed by atoms with Crippen LogP contribution in [0, 0.1) is 0 Å². The molecule has 0 spiro atoms. The number of allylic oxidation sites excluding steroid dienone is 2. The summed E-state index contributed by atoms with van der Waals surface area (Å²) in [4.78, 5) is 0. The van der Waals surface area contributed by atoms with E-state index >= 15 is 8.63 Å². The molecule has 0 saturated carbocycles. The van der Waals surface area contributed by atoms with Gasteiger partial charge in [0.05, 0.1) is 15.7 Å². The van der Waals surface area contributed by atoms with Gasteiger partial charge in [-0.25, -0.2) is 0 Å². The Morgan fingerprint density at radius 1 is 0.963 bits per heavy atom. The number of hydrogen-bond donors (Lipinski definition) is 0. The lowest BCUT2D eigenvalue weighted by Crippen LogP contribution is -2.50. The Morgan fingerprint density at radius 3 is 2.30 bits per heavy atom. The smallest absolute Gasteiger partial charge is 0.389 e. The van der Waals surface area contributed by atoms with E-state index in [0.29, 0.717) is 11.1 Å². The highest BCUT2D eigenvalue weighted by Crippen LogP contribution is 2.44. The van der Waals surface area contributed by atoms with Crippen LogP contribution in [-0.2, 0) is 6.18 Å². The van der Waals surface area contributed by atoms with Gasteiger partial charge in [0.2, 0.25) is 4.62 Å². The van der Waals surface area contributed by atoms with E-state index in [4.69, 9.17) is 0 Å². The number of aromatic nitrogens is 1. The molecule has 0 fully saturated rings. The van der Waals surface area contributed by atoms with Crippen molar-refractivity contribution in [3.05, 3.63) is 74.1 Å². The predicted octanol–water partition coefficient (Wildman–Crippen LogP) is 6.40. The summed E-state index contributed by atoms with van der Waals surface area (Å²) in [5.74, 6) is 0. The van der Waals surface area contributed by atoms with Crippen molar-refractivity contribution in [2.75, 3.05) is 0 Å². The second-order valence-electron chi connectivity index (χ2n) is 5.98. The van der Waals surface area contributed by atoms with Gasteiger partial charge in [0.15, 0.2) is 5.70 Å². The molecule has 0 radical (unpaired) electrons. The lowest BCUT2D eigenvalue weighted by Gasteiger charge is -2.32. The molecule has 0 bridgehead atoms. The lowest BCUT2D eigenvalue weighted by molar-refractivity contribution is -0.358. The zero-order chi connectivity index (χ0) is 19.7. The highest BCUT2D eigenvalue weighted by molar-refractivity contribution is 9.18. The lowest BCUT2D eigenvalue weighted by atomic mass is 9.86. The number of nitrogens with zero attached hydrogens (tertiary/aromatic N) is 2. The molecule has 3 heterocycles. The molecule has 4 rings (SSSR count). The molecule has 0 amide bonds. The Kier molecular flexibility index (Phi) is 4.36. The van der Waals surface area contributed by atoms with Crippen molar-refractivity contribution in [2.45, 2.75) is 6.18 Å². The van der Waals surface area contributed by atoms with Gasteiger partial charge < -0.3 is 17.6 Å². The Balaban J connectivity index is 2.03. The number of halogens is 8. The van der Waals surface area contributed by atoms with E-state index in [-0.39, 0.29) is 25.1 Å². The molecule has 2 nitrogen and oxygen atoms in total. The fourth-order valence-electron chi connectivity index (χ4n) is 3.30. The van der Waals surface area contributed by atoms with Gasteiger partial charge in [0.1, 0.15) is 0 Å². The minimum Gasteiger partial charge on any atom is -0.389 e. The van der Waals surface area contributed by atoms with Crippen molar-refractivity contribution in [2.24, 2.45) is 0 Å². The minimum atomic E-state index is -4.50. The Bertz CT molecular complexity index is 1080. The van der Waals surface area contributed by atoms with Crippen molar-refractivity contribution in [1.29, 1.82) is 0 Å². The van der Waals surface area contributed by atoms with Crippen molar-refractivity contribution in [1.82, 2.24) is 4.48 Å². The molecule has 2 aliphatic heterocycles. The highest BCUT2D eigenvalue weighted by Gasteiger charge is 2.54. The second-order valence-corrected chi connectivity index (χ2v) is 8.46. The number of benzene rings is 1. The van der Waals surface area contributed by atoms with Crippen LogP contribution in [0.1, 0.15) is 16.8 Å². The summed E-state index contributed by atoms with van der Waals surface area (Å²) < 4.78 is 71.5. The van der Waals surface area contributed by atoms with Crippen LogP contribution in [0.5, 0.6) is 0 Å². The largest absolute Gasteiger partial charge is 0.738 e. The van der Waals surface area contributed by atoms with E-state index in [9.17, 15) is 13.2 Å². The van der Waals surface area contributed by atoms with Crippen molar-refractivity contribution in [3.8, 4) is 0 Å². The fourth-order valence-corrected chi connectivity index (χ4v) is 5.02. The van der Waals surface area contributed by atoms with E-state index in [1.54, 1.807) is 0 Å².